The molecule has 128 valence electrons. The Kier molecular flexibility index (Phi) is 4.62. The Balaban J connectivity index is 2.03. The Labute approximate surface area is 142 Å². The normalized spacial score (nSPS) is 21.8. The molecule has 1 heterocycles. The van der Waals surface area contributed by atoms with E-state index in [9.17, 15) is 13.5 Å². The fourth-order valence-corrected chi connectivity index (χ4v) is 5.06. The summed E-state index contributed by atoms with van der Waals surface area (Å²) in [6.07, 6.45) is -0.307. The molecule has 1 saturated heterocycles. The molecule has 24 heavy (non-hydrogen) atoms. The summed E-state index contributed by atoms with van der Waals surface area (Å²) in [6.45, 7) is 1.87. The number of ether oxygens (including phenoxy) is 1. The number of rotatable bonds is 4. The molecule has 0 amide bonds. The molecule has 0 spiro atoms. The monoisotopic (exact) mass is 347 g/mol. The van der Waals surface area contributed by atoms with Gasteiger partial charge in [-0.1, -0.05) is 30.3 Å². The number of hydrogen-bond acceptors (Lipinski definition) is 4. The second-order valence-corrected chi connectivity index (χ2v) is 7.88. The molecule has 0 radical (unpaired) electrons. The van der Waals surface area contributed by atoms with Crippen LogP contribution in [0.15, 0.2) is 53.4 Å². The number of aliphatic hydroxyl groups excluding tert-OH is 1. The predicted octanol–water partition coefficient (Wildman–Crippen LogP) is 2.50. The number of aliphatic hydroxyl groups is 1. The molecule has 0 aliphatic carbocycles. The van der Waals surface area contributed by atoms with Crippen molar-refractivity contribution in [2.24, 2.45) is 0 Å². The van der Waals surface area contributed by atoms with Crippen LogP contribution < -0.4 is 4.74 Å². The zero-order valence-electron chi connectivity index (χ0n) is 13.7. The topological polar surface area (TPSA) is 66.8 Å². The standard InChI is InChI=1S/C18H21NO4S/c1-13-6-3-4-9-18(13)24(21,22)19-12-15(20)11-17(19)14-7-5-8-16(10-14)23-2/h3-10,15,17,20H,11-12H2,1-2H3. The van der Waals surface area contributed by atoms with E-state index in [1.54, 1.807) is 32.2 Å². The molecule has 1 fully saturated rings. The number of β-amino-alcohol motifs (C(OH)–C–C–N with tert-alkyl or cyclic N) is 1. The van der Waals surface area contributed by atoms with E-state index in [-0.39, 0.29) is 11.4 Å². The molecule has 2 atom stereocenters. The first-order chi connectivity index (χ1) is 11.4. The Morgan fingerprint density at radius 1 is 1.17 bits per heavy atom. The number of nitrogens with zero attached hydrogens (tertiary/aromatic N) is 1. The predicted molar refractivity (Wildman–Crippen MR) is 91.4 cm³/mol. The zero-order valence-corrected chi connectivity index (χ0v) is 14.5. The lowest BCUT2D eigenvalue weighted by Crippen LogP contribution is -2.32. The van der Waals surface area contributed by atoms with Crippen molar-refractivity contribution in [3.63, 3.8) is 0 Å². The quantitative estimate of drug-likeness (QED) is 0.923. The smallest absolute Gasteiger partial charge is 0.243 e. The van der Waals surface area contributed by atoms with Crippen molar-refractivity contribution in [1.29, 1.82) is 0 Å². The SMILES string of the molecule is COc1cccc(C2CC(O)CN2S(=O)(=O)c2ccccc2C)c1. The minimum Gasteiger partial charge on any atom is -0.497 e. The van der Waals surface area contributed by atoms with E-state index < -0.39 is 22.2 Å². The van der Waals surface area contributed by atoms with Crippen LogP contribution in [0.4, 0.5) is 0 Å². The van der Waals surface area contributed by atoms with Gasteiger partial charge in [-0.2, -0.15) is 4.31 Å². The average Bonchev–Trinajstić information content (AvgIpc) is 2.98. The Hall–Kier alpha value is -1.89. The summed E-state index contributed by atoms with van der Waals surface area (Å²) >= 11 is 0. The highest BCUT2D eigenvalue weighted by Gasteiger charge is 2.40. The Bertz CT molecular complexity index is 834. The van der Waals surface area contributed by atoms with Crippen molar-refractivity contribution in [1.82, 2.24) is 4.31 Å². The molecule has 1 aliphatic rings. The van der Waals surface area contributed by atoms with E-state index in [0.717, 1.165) is 5.56 Å². The second-order valence-electron chi connectivity index (χ2n) is 6.02. The molecule has 0 bridgehead atoms. The molecule has 1 N–H and O–H groups in total. The van der Waals surface area contributed by atoms with Gasteiger partial charge in [-0.25, -0.2) is 8.42 Å². The van der Waals surface area contributed by atoms with Gasteiger partial charge in [0.2, 0.25) is 10.0 Å². The van der Waals surface area contributed by atoms with Crippen molar-refractivity contribution < 1.29 is 18.3 Å². The van der Waals surface area contributed by atoms with Crippen LogP contribution in [-0.2, 0) is 10.0 Å². The third kappa shape index (κ3) is 3.05. The van der Waals surface area contributed by atoms with Gasteiger partial charge < -0.3 is 9.84 Å². The van der Waals surface area contributed by atoms with Gasteiger partial charge in [-0.15, -0.1) is 0 Å². The first-order valence-electron chi connectivity index (χ1n) is 7.83. The third-order valence-corrected chi connectivity index (χ3v) is 6.43. The van der Waals surface area contributed by atoms with Crippen LogP contribution in [0.1, 0.15) is 23.6 Å². The molecule has 6 heteroatoms. The van der Waals surface area contributed by atoms with Gasteiger partial charge in [0, 0.05) is 6.54 Å². The fraction of sp³-hybridized carbons (Fsp3) is 0.333. The number of benzene rings is 2. The number of hydrogen-bond donors (Lipinski definition) is 1. The minimum atomic E-state index is -3.69. The van der Waals surface area contributed by atoms with E-state index in [0.29, 0.717) is 17.7 Å². The Morgan fingerprint density at radius 3 is 2.62 bits per heavy atom. The summed E-state index contributed by atoms with van der Waals surface area (Å²) < 4.78 is 32.9. The lowest BCUT2D eigenvalue weighted by atomic mass is 10.0. The zero-order chi connectivity index (χ0) is 17.3. The van der Waals surface area contributed by atoms with Crippen molar-refractivity contribution in [3.8, 4) is 5.75 Å². The number of methoxy groups -OCH3 is 1. The van der Waals surface area contributed by atoms with Gasteiger partial charge >= 0.3 is 0 Å². The molecule has 2 aromatic rings. The van der Waals surface area contributed by atoms with Crippen LogP contribution in [0.3, 0.4) is 0 Å². The summed E-state index contributed by atoms with van der Waals surface area (Å²) in [4.78, 5) is 0.284. The number of aryl methyl sites for hydroxylation is 1. The lowest BCUT2D eigenvalue weighted by Gasteiger charge is -2.25. The van der Waals surface area contributed by atoms with E-state index in [1.807, 2.05) is 30.3 Å². The summed E-state index contributed by atoms with van der Waals surface area (Å²) in [6, 6.07) is 13.8. The highest BCUT2D eigenvalue weighted by molar-refractivity contribution is 7.89. The van der Waals surface area contributed by atoms with E-state index >= 15 is 0 Å². The summed E-state index contributed by atoms with van der Waals surface area (Å²) in [5.41, 5.74) is 1.52. The first-order valence-corrected chi connectivity index (χ1v) is 9.27. The van der Waals surface area contributed by atoms with Crippen LogP contribution in [0.25, 0.3) is 0 Å². The summed E-state index contributed by atoms with van der Waals surface area (Å²) in [7, 11) is -2.11. The third-order valence-electron chi connectivity index (χ3n) is 4.39. The molecule has 5 nitrogen and oxygen atoms in total. The van der Waals surface area contributed by atoms with Gasteiger partial charge in [0.25, 0.3) is 0 Å². The van der Waals surface area contributed by atoms with Gasteiger partial charge in [-0.05, 0) is 42.7 Å². The van der Waals surface area contributed by atoms with Crippen molar-refractivity contribution in [2.75, 3.05) is 13.7 Å². The van der Waals surface area contributed by atoms with Gasteiger partial charge in [0.05, 0.1) is 24.2 Å². The fourth-order valence-electron chi connectivity index (χ4n) is 3.17. The molecule has 0 saturated carbocycles. The largest absolute Gasteiger partial charge is 0.497 e. The maximum absolute atomic E-state index is 13.1. The van der Waals surface area contributed by atoms with Crippen molar-refractivity contribution >= 4 is 10.0 Å². The van der Waals surface area contributed by atoms with Gasteiger partial charge in [0.15, 0.2) is 0 Å². The Morgan fingerprint density at radius 2 is 1.92 bits per heavy atom. The second kappa shape index (κ2) is 6.55. The molecule has 1 aliphatic heterocycles. The minimum absolute atomic E-state index is 0.0958. The number of sulfonamides is 1. The van der Waals surface area contributed by atoms with Gasteiger partial charge in [0.1, 0.15) is 5.75 Å². The van der Waals surface area contributed by atoms with Gasteiger partial charge in [-0.3, -0.25) is 0 Å². The molecule has 3 rings (SSSR count). The highest BCUT2D eigenvalue weighted by Crippen LogP contribution is 2.38. The molecule has 2 aromatic carbocycles. The van der Waals surface area contributed by atoms with Crippen LogP contribution >= 0.6 is 0 Å². The molecule has 0 aromatic heterocycles. The van der Waals surface area contributed by atoms with E-state index in [2.05, 4.69) is 0 Å². The van der Waals surface area contributed by atoms with Crippen LogP contribution in [0.2, 0.25) is 0 Å². The van der Waals surface area contributed by atoms with Crippen molar-refractivity contribution in [2.45, 2.75) is 30.4 Å². The van der Waals surface area contributed by atoms with Crippen LogP contribution in [0.5, 0.6) is 5.75 Å². The maximum atomic E-state index is 13.1. The molecular weight excluding hydrogens is 326 g/mol. The maximum Gasteiger partial charge on any atom is 0.243 e. The first kappa shape index (κ1) is 17.0. The molecular formula is C18H21NO4S. The summed E-state index contributed by atoms with van der Waals surface area (Å²) in [5.74, 6) is 0.669. The highest BCUT2D eigenvalue weighted by atomic mass is 32.2. The van der Waals surface area contributed by atoms with E-state index in [4.69, 9.17) is 4.74 Å². The van der Waals surface area contributed by atoms with E-state index in [1.165, 1.54) is 4.31 Å². The summed E-state index contributed by atoms with van der Waals surface area (Å²) in [5, 5.41) is 10.1. The van der Waals surface area contributed by atoms with Crippen molar-refractivity contribution in [3.05, 3.63) is 59.7 Å². The molecule has 2 unspecified atom stereocenters. The lowest BCUT2D eigenvalue weighted by molar-refractivity contribution is 0.188. The van der Waals surface area contributed by atoms with Crippen LogP contribution in [-0.4, -0.2) is 37.6 Å². The average molecular weight is 347 g/mol. The van der Waals surface area contributed by atoms with Crippen LogP contribution in [0, 0.1) is 6.92 Å².